The minimum absolute atomic E-state index is 0.0192. The second-order valence-corrected chi connectivity index (χ2v) is 6.32. The molecule has 0 N–H and O–H groups in total. The first-order valence-electron chi connectivity index (χ1n) is 6.49. The fraction of sp³-hybridized carbons (Fsp3) is 0.538. The summed E-state index contributed by atoms with van der Waals surface area (Å²) in [6, 6.07) is 2.51. The Bertz CT molecular complexity index is 499. The third-order valence-electron chi connectivity index (χ3n) is 3.70. The largest absolute Gasteiger partial charge is 0.336 e. The van der Waals surface area contributed by atoms with Gasteiger partial charge in [0.15, 0.2) is 0 Å². The molecule has 1 aromatic heterocycles. The van der Waals surface area contributed by atoms with Crippen molar-refractivity contribution in [3.05, 3.63) is 27.5 Å². The number of aromatic nitrogens is 1. The van der Waals surface area contributed by atoms with Gasteiger partial charge in [0.25, 0.3) is 5.91 Å². The predicted octanol–water partition coefficient (Wildman–Crippen LogP) is 2.42. The van der Waals surface area contributed by atoms with Gasteiger partial charge in [0.2, 0.25) is 0 Å². The van der Waals surface area contributed by atoms with Crippen LogP contribution in [0.15, 0.2) is 16.7 Å². The first-order valence-corrected chi connectivity index (χ1v) is 7.66. The van der Waals surface area contributed by atoms with Crippen LogP contribution in [0, 0.1) is 0 Å². The van der Waals surface area contributed by atoms with Gasteiger partial charge in [0, 0.05) is 42.9 Å². The molecule has 0 spiro atoms. The summed E-state index contributed by atoms with van der Waals surface area (Å²) in [5, 5.41) is 0.276. The van der Waals surface area contributed by atoms with Crippen molar-refractivity contribution >= 4 is 33.4 Å². The summed E-state index contributed by atoms with van der Waals surface area (Å²) in [4.78, 5) is 20.8. The molecule has 2 aliphatic rings. The molecule has 1 amide bonds. The zero-order chi connectivity index (χ0) is 13.4. The smallest absolute Gasteiger partial charge is 0.257 e. The summed E-state index contributed by atoms with van der Waals surface area (Å²) in [6.45, 7) is 3.49. The van der Waals surface area contributed by atoms with Crippen LogP contribution in [0.25, 0.3) is 0 Å². The van der Waals surface area contributed by atoms with Crippen molar-refractivity contribution in [2.75, 3.05) is 26.2 Å². The molecule has 102 valence electrons. The monoisotopic (exact) mass is 343 g/mol. The van der Waals surface area contributed by atoms with E-state index in [4.69, 9.17) is 11.6 Å². The van der Waals surface area contributed by atoms with Crippen LogP contribution in [0.4, 0.5) is 0 Å². The Morgan fingerprint density at radius 2 is 2.00 bits per heavy atom. The molecule has 19 heavy (non-hydrogen) atoms. The first kappa shape index (κ1) is 13.3. The van der Waals surface area contributed by atoms with Crippen molar-refractivity contribution in [1.82, 2.24) is 14.8 Å². The van der Waals surface area contributed by atoms with Crippen molar-refractivity contribution < 1.29 is 4.79 Å². The van der Waals surface area contributed by atoms with E-state index in [0.29, 0.717) is 5.56 Å². The number of rotatable bonds is 2. The van der Waals surface area contributed by atoms with Crippen molar-refractivity contribution in [3.63, 3.8) is 0 Å². The number of pyridine rings is 1. The number of carbonyl (C=O) groups is 1. The van der Waals surface area contributed by atoms with Crippen LogP contribution in [-0.4, -0.2) is 52.9 Å². The number of piperazine rings is 1. The fourth-order valence-electron chi connectivity index (χ4n) is 2.47. The highest BCUT2D eigenvalue weighted by Gasteiger charge is 2.32. The van der Waals surface area contributed by atoms with Crippen molar-refractivity contribution in [3.8, 4) is 0 Å². The van der Waals surface area contributed by atoms with Crippen molar-refractivity contribution in [2.45, 2.75) is 18.9 Å². The van der Waals surface area contributed by atoms with Crippen LogP contribution in [0.5, 0.6) is 0 Å². The van der Waals surface area contributed by atoms with Crippen LogP contribution in [0.1, 0.15) is 23.2 Å². The van der Waals surface area contributed by atoms with E-state index in [1.165, 1.54) is 12.8 Å². The second-order valence-electron chi connectivity index (χ2n) is 5.05. The van der Waals surface area contributed by atoms with Gasteiger partial charge in [0.05, 0.1) is 5.56 Å². The minimum atomic E-state index is -0.0192. The zero-order valence-electron chi connectivity index (χ0n) is 10.5. The van der Waals surface area contributed by atoms with Crippen LogP contribution < -0.4 is 0 Å². The lowest BCUT2D eigenvalue weighted by atomic mass is 10.2. The number of halogens is 2. The molecule has 1 aliphatic heterocycles. The summed E-state index contributed by atoms with van der Waals surface area (Å²) >= 11 is 9.33. The van der Waals surface area contributed by atoms with Gasteiger partial charge in [-0.05, 0) is 34.8 Å². The lowest BCUT2D eigenvalue weighted by Gasteiger charge is -2.34. The molecule has 1 saturated heterocycles. The Kier molecular flexibility index (Phi) is 3.78. The Balaban J connectivity index is 1.68. The van der Waals surface area contributed by atoms with E-state index in [9.17, 15) is 4.79 Å². The van der Waals surface area contributed by atoms with Gasteiger partial charge in [-0.25, -0.2) is 4.98 Å². The Morgan fingerprint density at radius 1 is 1.32 bits per heavy atom. The van der Waals surface area contributed by atoms with Gasteiger partial charge < -0.3 is 4.90 Å². The van der Waals surface area contributed by atoms with E-state index in [1.54, 1.807) is 12.3 Å². The number of carbonyl (C=O) groups excluding carboxylic acids is 1. The highest BCUT2D eigenvalue weighted by Crippen LogP contribution is 2.28. The maximum atomic E-state index is 12.4. The van der Waals surface area contributed by atoms with E-state index in [1.807, 2.05) is 4.90 Å². The van der Waals surface area contributed by atoms with Gasteiger partial charge in [-0.3, -0.25) is 9.69 Å². The average Bonchev–Trinajstić information content (AvgIpc) is 3.25. The van der Waals surface area contributed by atoms with Crippen LogP contribution >= 0.6 is 27.5 Å². The highest BCUT2D eigenvalue weighted by atomic mass is 79.9. The number of hydrogen-bond acceptors (Lipinski definition) is 3. The summed E-state index contributed by atoms with van der Waals surface area (Å²) in [7, 11) is 0. The van der Waals surface area contributed by atoms with Crippen molar-refractivity contribution in [1.29, 1.82) is 0 Å². The van der Waals surface area contributed by atoms with Gasteiger partial charge in [-0.2, -0.15) is 0 Å². The average molecular weight is 345 g/mol. The van der Waals surface area contributed by atoms with Gasteiger partial charge in [0.1, 0.15) is 5.15 Å². The van der Waals surface area contributed by atoms with Crippen LogP contribution in [0.3, 0.4) is 0 Å². The maximum Gasteiger partial charge on any atom is 0.257 e. The molecular weight excluding hydrogens is 330 g/mol. The maximum absolute atomic E-state index is 12.4. The molecule has 1 aliphatic carbocycles. The Hall–Kier alpha value is -0.650. The van der Waals surface area contributed by atoms with Crippen molar-refractivity contribution in [2.24, 2.45) is 0 Å². The Morgan fingerprint density at radius 3 is 2.63 bits per heavy atom. The molecule has 3 rings (SSSR count). The Labute approximate surface area is 125 Å². The summed E-state index contributed by atoms with van der Waals surface area (Å²) in [5.74, 6) is -0.0192. The predicted molar refractivity (Wildman–Crippen MR) is 77.4 cm³/mol. The van der Waals surface area contributed by atoms with E-state index < -0.39 is 0 Å². The lowest BCUT2D eigenvalue weighted by Crippen LogP contribution is -2.49. The molecule has 0 unspecified atom stereocenters. The summed E-state index contributed by atoms with van der Waals surface area (Å²) in [6.07, 6.45) is 4.23. The molecule has 2 heterocycles. The molecular formula is C13H15BrClN3O. The number of hydrogen-bond donors (Lipinski definition) is 0. The van der Waals surface area contributed by atoms with E-state index >= 15 is 0 Å². The summed E-state index contributed by atoms with van der Waals surface area (Å²) < 4.78 is 0.775. The van der Waals surface area contributed by atoms with E-state index in [2.05, 4.69) is 25.8 Å². The quantitative estimate of drug-likeness (QED) is 0.773. The lowest BCUT2D eigenvalue weighted by molar-refractivity contribution is 0.0627. The number of nitrogens with zero attached hydrogens (tertiary/aromatic N) is 3. The van der Waals surface area contributed by atoms with Gasteiger partial charge in [-0.1, -0.05) is 11.6 Å². The highest BCUT2D eigenvalue weighted by molar-refractivity contribution is 9.10. The topological polar surface area (TPSA) is 36.4 Å². The first-order chi connectivity index (χ1) is 9.15. The molecule has 2 fully saturated rings. The molecule has 4 nitrogen and oxygen atoms in total. The van der Waals surface area contributed by atoms with E-state index in [-0.39, 0.29) is 11.1 Å². The molecule has 1 saturated carbocycles. The SMILES string of the molecule is O=C(c1cc(Br)cnc1Cl)N1CCN(C2CC2)CC1. The molecule has 0 aromatic carbocycles. The zero-order valence-corrected chi connectivity index (χ0v) is 12.8. The third kappa shape index (κ3) is 2.93. The van der Waals surface area contributed by atoms with Gasteiger partial charge in [-0.15, -0.1) is 0 Å². The molecule has 0 radical (unpaired) electrons. The number of amides is 1. The standard InChI is InChI=1S/C13H15BrClN3O/c14-9-7-11(12(15)16-8-9)13(19)18-5-3-17(4-6-18)10-1-2-10/h7-8,10H,1-6H2. The van der Waals surface area contributed by atoms with E-state index in [0.717, 1.165) is 36.7 Å². The molecule has 6 heteroatoms. The summed E-state index contributed by atoms with van der Waals surface area (Å²) in [5.41, 5.74) is 0.482. The normalized spacial score (nSPS) is 20.6. The van der Waals surface area contributed by atoms with Gasteiger partial charge >= 0.3 is 0 Å². The van der Waals surface area contributed by atoms with Crippen LogP contribution in [0.2, 0.25) is 5.15 Å². The van der Waals surface area contributed by atoms with Crippen LogP contribution in [-0.2, 0) is 0 Å². The third-order valence-corrected chi connectivity index (χ3v) is 4.44. The molecule has 0 bridgehead atoms. The molecule has 0 atom stereocenters. The molecule has 1 aromatic rings. The fourth-order valence-corrected chi connectivity index (χ4v) is 2.99. The minimum Gasteiger partial charge on any atom is -0.336 e. The second kappa shape index (κ2) is 5.38.